The monoisotopic (exact) mass is 340 g/mol. The van der Waals surface area contributed by atoms with E-state index in [0.29, 0.717) is 0 Å². The molecule has 0 aliphatic rings. The predicted molar refractivity (Wildman–Crippen MR) is 77.8 cm³/mol. The van der Waals surface area contributed by atoms with Gasteiger partial charge in [-0.1, -0.05) is 67.8 Å². The van der Waals surface area contributed by atoms with Crippen molar-refractivity contribution in [1.29, 1.82) is 0 Å². The maximum atomic E-state index is 3.38. The minimum absolute atomic E-state index is 1.12. The van der Waals surface area contributed by atoms with Gasteiger partial charge in [0.2, 0.25) is 0 Å². The van der Waals surface area contributed by atoms with Crippen LogP contribution in [0.1, 0.15) is 11.1 Å². The molecule has 2 aromatic rings. The van der Waals surface area contributed by atoms with Gasteiger partial charge >= 0.3 is 0 Å². The van der Waals surface area contributed by atoms with Crippen LogP contribution < -0.4 is 0 Å². The maximum Gasteiger partial charge on any atom is 0.0189 e. The lowest BCUT2D eigenvalue weighted by Crippen LogP contribution is -1.71. The predicted octanol–water partition coefficient (Wildman–Crippen LogP) is 5.52. The summed E-state index contributed by atoms with van der Waals surface area (Å²) in [6, 6.07) is 16.4. The molecule has 0 aromatic heterocycles. The molecule has 0 radical (unpaired) electrons. The first-order valence-corrected chi connectivity index (χ1v) is 6.61. The van der Waals surface area contributed by atoms with Crippen LogP contribution in [0.15, 0.2) is 57.5 Å². The smallest absolute Gasteiger partial charge is 0.0189 e. The van der Waals surface area contributed by atoms with Gasteiger partial charge in [-0.15, -0.1) is 0 Å². The highest BCUT2D eigenvalue weighted by Gasteiger charge is 1.90. The van der Waals surface area contributed by atoms with Crippen LogP contribution in [-0.2, 0) is 0 Å². The van der Waals surface area contributed by atoms with Crippen LogP contribution in [0.3, 0.4) is 0 Å². The van der Waals surface area contributed by atoms with Gasteiger partial charge in [0.1, 0.15) is 0 Å². The van der Waals surface area contributed by atoms with Gasteiger partial charge in [-0.3, -0.25) is 0 Å². The van der Waals surface area contributed by atoms with Gasteiger partial charge < -0.3 is 0 Å². The summed E-state index contributed by atoms with van der Waals surface area (Å²) in [5, 5.41) is 0. The Morgan fingerprint density at radius 2 is 1.19 bits per heavy atom. The third-order valence-electron chi connectivity index (χ3n) is 1.95. The van der Waals surface area contributed by atoms with Crippen LogP contribution in [0.2, 0.25) is 0 Å². The van der Waals surface area contributed by atoms with Crippen LogP contribution in [0.5, 0.6) is 0 Å². The Labute approximate surface area is 114 Å². The van der Waals surface area contributed by atoms with Crippen molar-refractivity contribution in [3.05, 3.63) is 68.6 Å². The zero-order valence-electron chi connectivity index (χ0n) is 9.37. The normalized spacial score (nSPS) is 9.25. The summed E-state index contributed by atoms with van der Waals surface area (Å²) in [7, 11) is 0. The number of halogens is 2. The first-order chi connectivity index (χ1) is 7.58. The largest absolute Gasteiger partial charge is 0.0622 e. The van der Waals surface area contributed by atoms with Crippen LogP contribution in [0.4, 0.5) is 0 Å². The second kappa shape index (κ2) is 6.87. The van der Waals surface area contributed by atoms with E-state index in [0.717, 1.165) is 8.95 Å². The lowest BCUT2D eigenvalue weighted by molar-refractivity contribution is 1.43. The minimum Gasteiger partial charge on any atom is -0.0622 e. The quantitative estimate of drug-likeness (QED) is 0.592. The number of hydrogen-bond acceptors (Lipinski definition) is 0. The van der Waals surface area contributed by atoms with E-state index in [1.54, 1.807) is 0 Å². The Bertz CT molecular complexity index is 385. The van der Waals surface area contributed by atoms with E-state index in [4.69, 9.17) is 0 Å². The standard InChI is InChI=1S/C7H6Br2.C7H8/c1-5-2-6(8)4-7(9)3-5;1-7-5-3-2-4-6-7/h2-4H,1H3;2-6H,1H3. The summed E-state index contributed by atoms with van der Waals surface area (Å²) in [5.41, 5.74) is 2.58. The molecule has 0 aliphatic heterocycles. The zero-order chi connectivity index (χ0) is 12.0. The van der Waals surface area contributed by atoms with E-state index in [2.05, 4.69) is 70.0 Å². The van der Waals surface area contributed by atoms with Crippen molar-refractivity contribution in [2.75, 3.05) is 0 Å². The maximum absolute atomic E-state index is 3.38. The van der Waals surface area contributed by atoms with Crippen molar-refractivity contribution in [3.63, 3.8) is 0 Å². The van der Waals surface area contributed by atoms with E-state index < -0.39 is 0 Å². The van der Waals surface area contributed by atoms with Crippen LogP contribution >= 0.6 is 31.9 Å². The number of hydrogen-bond donors (Lipinski definition) is 0. The lowest BCUT2D eigenvalue weighted by atomic mass is 10.2. The molecule has 2 rings (SSSR count). The van der Waals surface area contributed by atoms with Gasteiger partial charge in [0.25, 0.3) is 0 Å². The zero-order valence-corrected chi connectivity index (χ0v) is 12.5. The molecule has 0 aliphatic carbocycles. The van der Waals surface area contributed by atoms with E-state index in [9.17, 15) is 0 Å². The summed E-state index contributed by atoms with van der Waals surface area (Å²) < 4.78 is 2.24. The Hall–Kier alpha value is -0.600. The fraction of sp³-hybridized carbons (Fsp3) is 0.143. The van der Waals surface area contributed by atoms with E-state index in [1.807, 2.05) is 24.3 Å². The molecule has 84 valence electrons. The number of aryl methyl sites for hydroxylation is 2. The van der Waals surface area contributed by atoms with Crippen LogP contribution in [0.25, 0.3) is 0 Å². The van der Waals surface area contributed by atoms with E-state index in [-0.39, 0.29) is 0 Å². The van der Waals surface area contributed by atoms with Crippen LogP contribution in [0, 0.1) is 13.8 Å². The molecule has 0 N–H and O–H groups in total. The highest BCUT2D eigenvalue weighted by Crippen LogP contribution is 2.18. The highest BCUT2D eigenvalue weighted by atomic mass is 79.9. The van der Waals surface area contributed by atoms with Crippen molar-refractivity contribution < 1.29 is 0 Å². The molecular formula is C14H14Br2. The molecule has 0 bridgehead atoms. The van der Waals surface area contributed by atoms with Crippen molar-refractivity contribution >= 4 is 31.9 Å². The van der Waals surface area contributed by atoms with Crippen molar-refractivity contribution in [2.45, 2.75) is 13.8 Å². The Morgan fingerprint density at radius 3 is 1.50 bits per heavy atom. The van der Waals surface area contributed by atoms with Crippen molar-refractivity contribution in [1.82, 2.24) is 0 Å². The van der Waals surface area contributed by atoms with E-state index >= 15 is 0 Å². The fourth-order valence-electron chi connectivity index (χ4n) is 1.23. The molecule has 0 saturated heterocycles. The molecule has 0 nitrogen and oxygen atoms in total. The van der Waals surface area contributed by atoms with Gasteiger partial charge in [-0.05, 0) is 37.6 Å². The lowest BCUT2D eigenvalue weighted by Gasteiger charge is -1.94. The molecule has 0 unspecified atom stereocenters. The molecule has 16 heavy (non-hydrogen) atoms. The molecular weight excluding hydrogens is 328 g/mol. The summed E-state index contributed by atoms with van der Waals surface area (Å²) in [6.07, 6.45) is 0. The molecule has 0 fully saturated rings. The van der Waals surface area contributed by atoms with Gasteiger partial charge in [0.15, 0.2) is 0 Å². The SMILES string of the molecule is Cc1cc(Br)cc(Br)c1.Cc1ccccc1. The summed E-state index contributed by atoms with van der Waals surface area (Å²) in [5.74, 6) is 0. The minimum atomic E-state index is 1.12. The second-order valence-corrected chi connectivity index (χ2v) is 5.43. The molecule has 0 spiro atoms. The third kappa shape index (κ3) is 5.47. The molecule has 0 atom stereocenters. The first-order valence-electron chi connectivity index (χ1n) is 5.02. The van der Waals surface area contributed by atoms with Gasteiger partial charge in [-0.25, -0.2) is 0 Å². The number of rotatable bonds is 0. The third-order valence-corrected chi connectivity index (χ3v) is 2.86. The van der Waals surface area contributed by atoms with Crippen LogP contribution in [-0.4, -0.2) is 0 Å². The highest BCUT2D eigenvalue weighted by molar-refractivity contribution is 9.11. The molecule has 0 amide bonds. The molecule has 2 aromatic carbocycles. The van der Waals surface area contributed by atoms with Crippen molar-refractivity contribution in [2.24, 2.45) is 0 Å². The Balaban J connectivity index is 0.000000165. The Morgan fingerprint density at radius 1 is 0.688 bits per heavy atom. The molecule has 2 heteroatoms. The summed E-state index contributed by atoms with van der Waals surface area (Å²) >= 11 is 6.77. The summed E-state index contributed by atoms with van der Waals surface area (Å²) in [4.78, 5) is 0. The number of benzene rings is 2. The second-order valence-electron chi connectivity index (χ2n) is 3.60. The van der Waals surface area contributed by atoms with Crippen molar-refractivity contribution in [3.8, 4) is 0 Å². The average molecular weight is 342 g/mol. The molecule has 0 saturated carbocycles. The Kier molecular flexibility index (Phi) is 5.78. The van der Waals surface area contributed by atoms with Gasteiger partial charge in [-0.2, -0.15) is 0 Å². The van der Waals surface area contributed by atoms with Gasteiger partial charge in [0, 0.05) is 8.95 Å². The fourth-order valence-corrected chi connectivity index (χ4v) is 2.75. The van der Waals surface area contributed by atoms with Gasteiger partial charge in [0.05, 0.1) is 0 Å². The summed E-state index contributed by atoms with van der Waals surface area (Å²) in [6.45, 7) is 4.15. The topological polar surface area (TPSA) is 0 Å². The molecule has 0 heterocycles. The average Bonchev–Trinajstić information content (AvgIpc) is 2.17. The van der Waals surface area contributed by atoms with E-state index in [1.165, 1.54) is 11.1 Å². The first kappa shape index (κ1) is 13.5.